The van der Waals surface area contributed by atoms with Gasteiger partial charge in [0.25, 0.3) is 0 Å². The SMILES string of the molecule is COc1ccccc1CNC(=O)CCc1nnc(SCc2cccc(C)c2)n1-c1ccc(C)cc1. The minimum atomic E-state index is -0.0386. The van der Waals surface area contributed by atoms with E-state index in [2.05, 4.69) is 82.5 Å². The van der Waals surface area contributed by atoms with Gasteiger partial charge < -0.3 is 10.1 Å². The Hall–Kier alpha value is -3.58. The zero-order chi connectivity index (χ0) is 24.6. The Bertz CT molecular complexity index is 1280. The van der Waals surface area contributed by atoms with Crippen LogP contribution < -0.4 is 10.1 Å². The van der Waals surface area contributed by atoms with Gasteiger partial charge in [-0.05, 0) is 37.6 Å². The number of amides is 1. The molecule has 0 aliphatic carbocycles. The lowest BCUT2D eigenvalue weighted by Crippen LogP contribution is -2.23. The predicted octanol–water partition coefficient (Wildman–Crippen LogP) is 5.43. The van der Waals surface area contributed by atoms with Crippen LogP contribution in [0.15, 0.2) is 78.0 Å². The average Bonchev–Trinajstić information content (AvgIpc) is 3.28. The largest absolute Gasteiger partial charge is 0.496 e. The van der Waals surface area contributed by atoms with Crippen molar-refractivity contribution < 1.29 is 9.53 Å². The van der Waals surface area contributed by atoms with E-state index >= 15 is 0 Å². The van der Waals surface area contributed by atoms with Gasteiger partial charge in [-0.2, -0.15) is 0 Å². The Morgan fingerprint density at radius 1 is 0.971 bits per heavy atom. The molecular formula is C28H30N4O2S. The van der Waals surface area contributed by atoms with Gasteiger partial charge in [0.05, 0.1) is 7.11 Å². The normalized spacial score (nSPS) is 10.8. The summed E-state index contributed by atoms with van der Waals surface area (Å²) in [4.78, 5) is 12.6. The van der Waals surface area contributed by atoms with Gasteiger partial charge in [0.2, 0.25) is 5.91 Å². The summed E-state index contributed by atoms with van der Waals surface area (Å²) in [6, 6.07) is 24.5. The topological polar surface area (TPSA) is 69.0 Å². The maximum atomic E-state index is 12.6. The van der Waals surface area contributed by atoms with Crippen LogP contribution in [0.25, 0.3) is 5.69 Å². The Labute approximate surface area is 210 Å². The van der Waals surface area contributed by atoms with Crippen molar-refractivity contribution in [1.29, 1.82) is 0 Å². The second-order valence-corrected chi connectivity index (χ2v) is 9.38. The maximum absolute atomic E-state index is 12.6. The molecule has 1 aromatic heterocycles. The van der Waals surface area contributed by atoms with Crippen LogP contribution in [0, 0.1) is 13.8 Å². The third-order valence-corrected chi connectivity index (χ3v) is 6.69. The van der Waals surface area contributed by atoms with Crippen molar-refractivity contribution in [2.45, 2.75) is 44.1 Å². The molecule has 0 bridgehead atoms. The number of methoxy groups -OCH3 is 1. The van der Waals surface area contributed by atoms with Crippen LogP contribution in [-0.2, 0) is 23.5 Å². The van der Waals surface area contributed by atoms with Crippen molar-refractivity contribution >= 4 is 17.7 Å². The summed E-state index contributed by atoms with van der Waals surface area (Å²) < 4.78 is 7.43. The van der Waals surface area contributed by atoms with E-state index in [1.54, 1.807) is 18.9 Å². The molecule has 6 nitrogen and oxygen atoms in total. The summed E-state index contributed by atoms with van der Waals surface area (Å²) in [5, 5.41) is 12.7. The van der Waals surface area contributed by atoms with Gasteiger partial charge >= 0.3 is 0 Å². The molecule has 0 spiro atoms. The van der Waals surface area contributed by atoms with E-state index < -0.39 is 0 Å². The fourth-order valence-corrected chi connectivity index (χ4v) is 4.73. The van der Waals surface area contributed by atoms with Crippen molar-refractivity contribution in [1.82, 2.24) is 20.1 Å². The number of thioether (sulfide) groups is 1. The third-order valence-electron chi connectivity index (χ3n) is 5.69. The highest BCUT2D eigenvalue weighted by Crippen LogP contribution is 2.26. The lowest BCUT2D eigenvalue weighted by atomic mass is 10.2. The predicted molar refractivity (Wildman–Crippen MR) is 140 cm³/mol. The van der Waals surface area contributed by atoms with Crippen molar-refractivity contribution in [3.8, 4) is 11.4 Å². The van der Waals surface area contributed by atoms with Crippen molar-refractivity contribution in [3.63, 3.8) is 0 Å². The van der Waals surface area contributed by atoms with Crippen LogP contribution in [-0.4, -0.2) is 27.8 Å². The Kier molecular flexibility index (Phi) is 8.21. The number of benzene rings is 3. The van der Waals surface area contributed by atoms with Gasteiger partial charge in [0.15, 0.2) is 5.16 Å². The summed E-state index contributed by atoms with van der Waals surface area (Å²) in [6.07, 6.45) is 0.811. The summed E-state index contributed by atoms with van der Waals surface area (Å²) >= 11 is 1.65. The fourth-order valence-electron chi connectivity index (χ4n) is 3.82. The van der Waals surface area contributed by atoms with Gasteiger partial charge in [0, 0.05) is 36.4 Å². The highest BCUT2D eigenvalue weighted by Gasteiger charge is 2.16. The number of hydrogen-bond donors (Lipinski definition) is 1. The van der Waals surface area contributed by atoms with E-state index in [4.69, 9.17) is 4.74 Å². The number of hydrogen-bond acceptors (Lipinski definition) is 5. The lowest BCUT2D eigenvalue weighted by Gasteiger charge is -2.12. The molecule has 0 fully saturated rings. The number of nitrogens with zero attached hydrogens (tertiary/aromatic N) is 3. The van der Waals surface area contributed by atoms with E-state index in [1.165, 1.54) is 16.7 Å². The number of carbonyl (C=O) groups is 1. The lowest BCUT2D eigenvalue weighted by molar-refractivity contribution is -0.121. The zero-order valence-corrected chi connectivity index (χ0v) is 21.1. The molecule has 0 radical (unpaired) electrons. The van der Waals surface area contributed by atoms with Gasteiger partial charge in [-0.1, -0.05) is 77.5 Å². The monoisotopic (exact) mass is 486 g/mol. The summed E-state index contributed by atoms with van der Waals surface area (Å²) in [5.41, 5.74) is 5.61. The molecule has 1 amide bonds. The number of carbonyl (C=O) groups excluding carboxylic acids is 1. The summed E-state index contributed by atoms with van der Waals surface area (Å²) in [7, 11) is 1.63. The number of aryl methyl sites for hydroxylation is 3. The number of aromatic nitrogens is 3. The third kappa shape index (κ3) is 6.51. The van der Waals surface area contributed by atoms with Gasteiger partial charge in [0.1, 0.15) is 11.6 Å². The van der Waals surface area contributed by atoms with Crippen LogP contribution in [0.3, 0.4) is 0 Å². The smallest absolute Gasteiger partial charge is 0.220 e. The van der Waals surface area contributed by atoms with Gasteiger partial charge in [-0.3, -0.25) is 9.36 Å². The average molecular weight is 487 g/mol. The Morgan fingerprint density at radius 2 is 1.77 bits per heavy atom. The molecule has 0 unspecified atom stereocenters. The van der Waals surface area contributed by atoms with Crippen molar-refractivity contribution in [2.75, 3.05) is 7.11 Å². The molecule has 3 aromatic carbocycles. The molecule has 0 atom stereocenters. The molecule has 1 N–H and O–H groups in total. The second-order valence-electron chi connectivity index (χ2n) is 8.44. The summed E-state index contributed by atoms with van der Waals surface area (Å²) in [5.74, 6) is 2.30. The van der Waals surface area contributed by atoms with Crippen LogP contribution >= 0.6 is 11.8 Å². The second kappa shape index (κ2) is 11.7. The minimum absolute atomic E-state index is 0.0386. The first-order valence-electron chi connectivity index (χ1n) is 11.6. The number of nitrogens with one attached hydrogen (secondary N) is 1. The molecule has 1 heterocycles. The highest BCUT2D eigenvalue weighted by atomic mass is 32.2. The van der Waals surface area contributed by atoms with E-state index in [1.807, 2.05) is 24.3 Å². The highest BCUT2D eigenvalue weighted by molar-refractivity contribution is 7.98. The molecule has 35 heavy (non-hydrogen) atoms. The van der Waals surface area contributed by atoms with Crippen molar-refractivity contribution in [3.05, 3.63) is 101 Å². The zero-order valence-electron chi connectivity index (χ0n) is 20.3. The Balaban J connectivity index is 1.46. The molecule has 180 valence electrons. The number of para-hydroxylation sites is 1. The molecule has 0 saturated heterocycles. The molecule has 7 heteroatoms. The summed E-state index contributed by atoms with van der Waals surface area (Å²) in [6.45, 7) is 4.58. The van der Waals surface area contributed by atoms with Crippen LogP contribution in [0.1, 0.15) is 34.5 Å². The molecule has 0 saturated carbocycles. The number of ether oxygens (including phenoxy) is 1. The molecular weight excluding hydrogens is 456 g/mol. The van der Waals surface area contributed by atoms with Crippen LogP contribution in [0.4, 0.5) is 0 Å². The molecule has 0 aliphatic rings. The standard InChI is InChI=1S/C28H30N4O2S/c1-20-11-13-24(14-12-20)32-26(30-31-28(32)35-19-22-8-6-7-21(2)17-22)15-16-27(33)29-18-23-9-4-5-10-25(23)34-3/h4-14,17H,15-16,18-19H2,1-3H3,(H,29,33). The first kappa shape index (κ1) is 24.5. The molecule has 4 rings (SSSR count). The fraction of sp³-hybridized carbons (Fsp3) is 0.250. The van der Waals surface area contributed by atoms with Crippen molar-refractivity contribution in [2.24, 2.45) is 0 Å². The maximum Gasteiger partial charge on any atom is 0.220 e. The Morgan fingerprint density at radius 3 is 2.54 bits per heavy atom. The quantitative estimate of drug-likeness (QED) is 0.303. The van der Waals surface area contributed by atoms with E-state index in [-0.39, 0.29) is 5.91 Å². The first-order chi connectivity index (χ1) is 17.0. The molecule has 0 aliphatic heterocycles. The van der Waals surface area contributed by atoms with E-state index in [9.17, 15) is 4.79 Å². The number of rotatable bonds is 10. The van der Waals surface area contributed by atoms with Crippen LogP contribution in [0.2, 0.25) is 0 Å². The van der Waals surface area contributed by atoms with Gasteiger partial charge in [-0.25, -0.2) is 0 Å². The first-order valence-corrected chi connectivity index (χ1v) is 12.6. The minimum Gasteiger partial charge on any atom is -0.496 e. The molecule has 4 aromatic rings. The van der Waals surface area contributed by atoms with E-state index in [0.29, 0.717) is 19.4 Å². The van der Waals surface area contributed by atoms with Crippen LogP contribution in [0.5, 0.6) is 5.75 Å². The van der Waals surface area contributed by atoms with E-state index in [0.717, 1.165) is 33.7 Å². The van der Waals surface area contributed by atoms with Gasteiger partial charge in [-0.15, -0.1) is 10.2 Å².